The minimum atomic E-state index is -0.323. The molecule has 2 aromatic carbocycles. The van der Waals surface area contributed by atoms with Gasteiger partial charge in [0.25, 0.3) is 0 Å². The molecule has 0 aliphatic heterocycles. The predicted octanol–water partition coefficient (Wildman–Crippen LogP) is 4.88. The Bertz CT molecular complexity index is 751. The van der Waals surface area contributed by atoms with Crippen molar-refractivity contribution in [1.82, 2.24) is 5.32 Å². The zero-order chi connectivity index (χ0) is 14.8. The van der Waals surface area contributed by atoms with Crippen LogP contribution in [0.3, 0.4) is 0 Å². The summed E-state index contributed by atoms with van der Waals surface area (Å²) in [6.07, 6.45) is 0. The van der Waals surface area contributed by atoms with Crippen LogP contribution in [0.2, 0.25) is 0 Å². The second kappa shape index (κ2) is 6.15. The second-order valence-corrected chi connectivity index (χ2v) is 6.09. The molecule has 3 aromatic rings. The highest BCUT2D eigenvalue weighted by molar-refractivity contribution is 14.1. The molecule has 0 amide bonds. The van der Waals surface area contributed by atoms with Gasteiger partial charge in [-0.3, -0.25) is 0 Å². The lowest BCUT2D eigenvalue weighted by atomic mass is 10.0. The van der Waals surface area contributed by atoms with Gasteiger partial charge in [0.15, 0.2) is 11.4 Å². The first kappa shape index (κ1) is 14.5. The molecule has 4 heteroatoms. The SMILES string of the molecule is CCNC(c1ccc(I)cc1)c1cc2cccc(F)c2o1. The van der Waals surface area contributed by atoms with Crippen LogP contribution in [0.1, 0.15) is 24.3 Å². The van der Waals surface area contributed by atoms with E-state index in [-0.39, 0.29) is 11.9 Å². The average molecular weight is 395 g/mol. The van der Waals surface area contributed by atoms with E-state index < -0.39 is 0 Å². The van der Waals surface area contributed by atoms with Crippen molar-refractivity contribution in [2.75, 3.05) is 6.54 Å². The Balaban J connectivity index is 2.06. The number of furan rings is 1. The summed E-state index contributed by atoms with van der Waals surface area (Å²) in [5.41, 5.74) is 1.43. The summed E-state index contributed by atoms with van der Waals surface area (Å²) in [6, 6.07) is 15.1. The van der Waals surface area contributed by atoms with Gasteiger partial charge in [-0.2, -0.15) is 0 Å². The first-order chi connectivity index (χ1) is 10.2. The van der Waals surface area contributed by atoms with Crippen LogP contribution in [-0.2, 0) is 0 Å². The summed E-state index contributed by atoms with van der Waals surface area (Å²) in [6.45, 7) is 2.85. The lowest BCUT2D eigenvalue weighted by Crippen LogP contribution is -2.21. The third-order valence-electron chi connectivity index (χ3n) is 3.41. The number of nitrogens with one attached hydrogen (secondary N) is 1. The number of fused-ring (bicyclic) bond motifs is 1. The number of hydrogen-bond acceptors (Lipinski definition) is 2. The highest BCUT2D eigenvalue weighted by Crippen LogP contribution is 2.29. The Morgan fingerprint density at radius 2 is 1.95 bits per heavy atom. The Kier molecular flexibility index (Phi) is 4.26. The van der Waals surface area contributed by atoms with Crippen molar-refractivity contribution in [2.24, 2.45) is 0 Å². The number of benzene rings is 2. The van der Waals surface area contributed by atoms with E-state index in [4.69, 9.17) is 4.42 Å². The zero-order valence-electron chi connectivity index (χ0n) is 11.6. The summed E-state index contributed by atoms with van der Waals surface area (Å²) in [5.74, 6) is 0.412. The quantitative estimate of drug-likeness (QED) is 0.638. The summed E-state index contributed by atoms with van der Waals surface area (Å²) in [4.78, 5) is 0. The minimum absolute atomic E-state index is 0.0706. The smallest absolute Gasteiger partial charge is 0.169 e. The van der Waals surface area contributed by atoms with Gasteiger partial charge in [-0.25, -0.2) is 4.39 Å². The maximum absolute atomic E-state index is 13.8. The van der Waals surface area contributed by atoms with Gasteiger partial charge in [0.1, 0.15) is 5.76 Å². The Hall–Kier alpha value is -1.40. The summed E-state index contributed by atoms with van der Waals surface area (Å²) in [7, 11) is 0. The third kappa shape index (κ3) is 2.96. The Morgan fingerprint density at radius 3 is 2.62 bits per heavy atom. The zero-order valence-corrected chi connectivity index (χ0v) is 13.7. The van der Waals surface area contributed by atoms with E-state index in [1.54, 1.807) is 6.07 Å². The van der Waals surface area contributed by atoms with Gasteiger partial charge in [-0.1, -0.05) is 31.2 Å². The molecule has 1 atom stereocenters. The molecule has 108 valence electrons. The molecule has 0 spiro atoms. The Labute approximate surface area is 136 Å². The molecule has 0 bridgehead atoms. The summed E-state index contributed by atoms with van der Waals surface area (Å²) in [5, 5.41) is 4.19. The number of hydrogen-bond donors (Lipinski definition) is 1. The van der Waals surface area contributed by atoms with Crippen LogP contribution in [-0.4, -0.2) is 6.54 Å². The van der Waals surface area contributed by atoms with Crippen LogP contribution in [0.5, 0.6) is 0 Å². The van der Waals surface area contributed by atoms with E-state index in [2.05, 4.69) is 52.2 Å². The lowest BCUT2D eigenvalue weighted by molar-refractivity contribution is 0.465. The van der Waals surface area contributed by atoms with Gasteiger partial charge in [-0.05, 0) is 59.0 Å². The fraction of sp³-hybridized carbons (Fsp3) is 0.176. The summed E-state index contributed by atoms with van der Waals surface area (Å²) >= 11 is 2.28. The van der Waals surface area contributed by atoms with Gasteiger partial charge < -0.3 is 9.73 Å². The fourth-order valence-corrected chi connectivity index (χ4v) is 2.79. The van der Waals surface area contributed by atoms with Gasteiger partial charge in [0.05, 0.1) is 6.04 Å². The Morgan fingerprint density at radius 1 is 1.19 bits per heavy atom. The van der Waals surface area contributed by atoms with E-state index in [1.165, 1.54) is 9.64 Å². The van der Waals surface area contributed by atoms with Crippen LogP contribution >= 0.6 is 22.6 Å². The minimum Gasteiger partial charge on any atom is -0.456 e. The van der Waals surface area contributed by atoms with Gasteiger partial charge in [0, 0.05) is 8.96 Å². The van der Waals surface area contributed by atoms with Gasteiger partial charge in [0.2, 0.25) is 0 Å². The molecule has 1 heterocycles. The first-order valence-corrected chi connectivity index (χ1v) is 7.93. The molecule has 3 rings (SSSR count). The summed E-state index contributed by atoms with van der Waals surface area (Å²) < 4.78 is 20.7. The highest BCUT2D eigenvalue weighted by atomic mass is 127. The van der Waals surface area contributed by atoms with E-state index in [0.29, 0.717) is 5.58 Å². The molecule has 1 unspecified atom stereocenters. The van der Waals surface area contributed by atoms with Crippen molar-refractivity contribution in [3.8, 4) is 0 Å². The van der Waals surface area contributed by atoms with E-state index in [9.17, 15) is 4.39 Å². The number of rotatable bonds is 4. The molecular formula is C17H15FINO. The molecule has 0 aliphatic rings. The number of halogens is 2. The largest absolute Gasteiger partial charge is 0.456 e. The first-order valence-electron chi connectivity index (χ1n) is 6.86. The molecule has 0 saturated carbocycles. The van der Waals surface area contributed by atoms with Crippen molar-refractivity contribution >= 4 is 33.6 Å². The molecule has 21 heavy (non-hydrogen) atoms. The van der Waals surface area contributed by atoms with Crippen molar-refractivity contribution in [2.45, 2.75) is 13.0 Å². The fourth-order valence-electron chi connectivity index (χ4n) is 2.43. The molecular weight excluding hydrogens is 380 g/mol. The second-order valence-electron chi connectivity index (χ2n) is 4.85. The van der Waals surface area contributed by atoms with Crippen molar-refractivity contribution in [3.63, 3.8) is 0 Å². The van der Waals surface area contributed by atoms with Crippen LogP contribution in [0.25, 0.3) is 11.0 Å². The predicted molar refractivity (Wildman–Crippen MR) is 90.9 cm³/mol. The van der Waals surface area contributed by atoms with E-state index >= 15 is 0 Å². The van der Waals surface area contributed by atoms with Crippen LogP contribution in [0.15, 0.2) is 52.9 Å². The topological polar surface area (TPSA) is 25.2 Å². The van der Waals surface area contributed by atoms with Crippen molar-refractivity contribution in [3.05, 3.63) is 69.2 Å². The van der Waals surface area contributed by atoms with Crippen molar-refractivity contribution in [1.29, 1.82) is 0 Å². The van der Waals surface area contributed by atoms with E-state index in [1.807, 2.05) is 19.1 Å². The van der Waals surface area contributed by atoms with Crippen molar-refractivity contribution < 1.29 is 8.81 Å². The molecule has 1 N–H and O–H groups in total. The van der Waals surface area contributed by atoms with Crippen LogP contribution in [0.4, 0.5) is 4.39 Å². The van der Waals surface area contributed by atoms with Gasteiger partial charge >= 0.3 is 0 Å². The highest BCUT2D eigenvalue weighted by Gasteiger charge is 2.18. The third-order valence-corrected chi connectivity index (χ3v) is 4.13. The normalized spacial score (nSPS) is 12.7. The van der Waals surface area contributed by atoms with Gasteiger partial charge in [-0.15, -0.1) is 0 Å². The monoisotopic (exact) mass is 395 g/mol. The van der Waals surface area contributed by atoms with Crippen LogP contribution < -0.4 is 5.32 Å². The standard InChI is InChI=1S/C17H15FINO/c1-2-20-16(11-6-8-13(19)9-7-11)15-10-12-4-3-5-14(18)17(12)21-15/h3-10,16,20H,2H2,1H3. The molecule has 0 fully saturated rings. The number of para-hydroxylation sites is 1. The maximum Gasteiger partial charge on any atom is 0.169 e. The van der Waals surface area contributed by atoms with E-state index in [0.717, 1.165) is 23.3 Å². The average Bonchev–Trinajstić information content (AvgIpc) is 2.91. The molecule has 0 saturated heterocycles. The molecule has 2 nitrogen and oxygen atoms in total. The lowest BCUT2D eigenvalue weighted by Gasteiger charge is -2.16. The molecule has 0 aliphatic carbocycles. The molecule has 1 aromatic heterocycles. The maximum atomic E-state index is 13.8. The van der Waals surface area contributed by atoms with Crippen LogP contribution in [0, 0.1) is 9.39 Å². The molecule has 0 radical (unpaired) electrons.